The number of hydrogen-bond donors (Lipinski definition) is 1. The number of rotatable bonds is 4. The number of ether oxygens (including phenoxy) is 1. The summed E-state index contributed by atoms with van der Waals surface area (Å²) in [6.45, 7) is 0.758. The fraction of sp³-hybridized carbons (Fsp3) is 1.00. The van der Waals surface area contributed by atoms with Crippen molar-refractivity contribution < 1.29 is 13.5 Å². The molecule has 0 aromatic rings. The highest BCUT2D eigenvalue weighted by Gasteiger charge is 2.42. The van der Waals surface area contributed by atoms with Crippen LogP contribution in [0.5, 0.6) is 0 Å². The molecule has 1 atom stereocenters. The Labute approximate surface area is 82.6 Å². The molecule has 0 saturated carbocycles. The van der Waals surface area contributed by atoms with Crippen molar-refractivity contribution in [1.82, 2.24) is 4.90 Å². The Hall–Kier alpha value is 0.130. The van der Waals surface area contributed by atoms with Crippen molar-refractivity contribution in [2.24, 2.45) is 0 Å². The van der Waals surface area contributed by atoms with Crippen molar-refractivity contribution in [1.29, 1.82) is 0 Å². The van der Waals surface area contributed by atoms with Crippen LogP contribution in [0.1, 0.15) is 6.42 Å². The van der Waals surface area contributed by atoms with Gasteiger partial charge < -0.3 is 4.74 Å². The molecule has 0 unspecified atom stereocenters. The van der Waals surface area contributed by atoms with Crippen LogP contribution in [0.25, 0.3) is 0 Å². The number of halogens is 2. The van der Waals surface area contributed by atoms with Crippen LogP contribution in [0.15, 0.2) is 0 Å². The van der Waals surface area contributed by atoms with Gasteiger partial charge in [0, 0.05) is 18.2 Å². The van der Waals surface area contributed by atoms with Crippen molar-refractivity contribution in [3.8, 4) is 0 Å². The van der Waals surface area contributed by atoms with E-state index in [1.54, 1.807) is 11.9 Å². The molecule has 0 amide bonds. The molecule has 1 aliphatic rings. The van der Waals surface area contributed by atoms with Crippen LogP contribution in [0.4, 0.5) is 8.78 Å². The zero-order valence-electron chi connectivity index (χ0n) is 7.67. The maximum Gasteiger partial charge on any atom is 0.262 e. The molecule has 0 spiro atoms. The lowest BCUT2D eigenvalue weighted by molar-refractivity contribution is 0.0130. The first-order chi connectivity index (χ1) is 6.05. The van der Waals surface area contributed by atoms with Crippen LogP contribution in [-0.2, 0) is 4.74 Å². The van der Waals surface area contributed by atoms with Gasteiger partial charge in [-0.2, -0.15) is 12.6 Å². The monoisotopic (exact) mass is 211 g/mol. The summed E-state index contributed by atoms with van der Waals surface area (Å²) in [5.41, 5.74) is 0. The van der Waals surface area contributed by atoms with Gasteiger partial charge in [0.05, 0.1) is 19.8 Å². The summed E-state index contributed by atoms with van der Waals surface area (Å²) >= 11 is 3.97. The normalized spacial score (nSPS) is 28.2. The average molecular weight is 211 g/mol. The van der Waals surface area contributed by atoms with E-state index in [2.05, 4.69) is 12.6 Å². The van der Waals surface area contributed by atoms with Crippen molar-refractivity contribution in [2.75, 3.05) is 32.6 Å². The summed E-state index contributed by atoms with van der Waals surface area (Å²) in [5, 5.41) is 0. The topological polar surface area (TPSA) is 12.5 Å². The predicted octanol–water partition coefficient (Wildman–Crippen LogP) is 1.27. The van der Waals surface area contributed by atoms with E-state index in [4.69, 9.17) is 4.74 Å². The Bertz CT molecular complexity index is 168. The van der Waals surface area contributed by atoms with Crippen molar-refractivity contribution in [2.45, 2.75) is 18.4 Å². The van der Waals surface area contributed by atoms with Gasteiger partial charge in [-0.1, -0.05) is 0 Å². The van der Waals surface area contributed by atoms with Crippen molar-refractivity contribution >= 4 is 12.6 Å². The fourth-order valence-electron chi connectivity index (χ4n) is 1.53. The van der Waals surface area contributed by atoms with Gasteiger partial charge in [0.25, 0.3) is 5.92 Å². The molecule has 1 aliphatic heterocycles. The first-order valence-corrected chi connectivity index (χ1v) is 4.95. The third-order valence-electron chi connectivity index (χ3n) is 2.18. The van der Waals surface area contributed by atoms with E-state index in [0.717, 1.165) is 0 Å². The maximum atomic E-state index is 12.8. The fourth-order valence-corrected chi connectivity index (χ4v) is 1.66. The summed E-state index contributed by atoms with van der Waals surface area (Å²) in [6, 6.07) is -0.144. The van der Waals surface area contributed by atoms with Gasteiger partial charge in [0.15, 0.2) is 0 Å². The van der Waals surface area contributed by atoms with Crippen LogP contribution in [0.2, 0.25) is 0 Å². The Kier molecular flexibility index (Phi) is 3.94. The van der Waals surface area contributed by atoms with Gasteiger partial charge in [-0.25, -0.2) is 8.78 Å². The van der Waals surface area contributed by atoms with E-state index in [-0.39, 0.29) is 19.0 Å². The van der Waals surface area contributed by atoms with Crippen LogP contribution in [0, 0.1) is 0 Å². The zero-order valence-corrected chi connectivity index (χ0v) is 8.57. The molecule has 0 aliphatic carbocycles. The lowest BCUT2D eigenvalue weighted by atomic mass is 10.2. The number of likely N-dealkylation sites (tertiary alicyclic amines) is 1. The van der Waals surface area contributed by atoms with E-state index in [1.807, 2.05) is 0 Å². The smallest absolute Gasteiger partial charge is 0.262 e. The minimum Gasteiger partial charge on any atom is -0.379 e. The minimum atomic E-state index is -2.54. The molecule has 5 heteroatoms. The molecule has 1 heterocycles. The van der Waals surface area contributed by atoms with Crippen LogP contribution >= 0.6 is 12.6 Å². The molecule has 0 aromatic carbocycles. The lowest BCUT2D eigenvalue weighted by Gasteiger charge is -2.17. The molecule has 1 fully saturated rings. The van der Waals surface area contributed by atoms with Crippen LogP contribution in [0.3, 0.4) is 0 Å². The summed E-state index contributed by atoms with van der Waals surface area (Å²) in [7, 11) is 1.70. The molecule has 0 N–H and O–H groups in total. The van der Waals surface area contributed by atoms with Crippen LogP contribution < -0.4 is 0 Å². The first kappa shape index (κ1) is 11.2. The summed E-state index contributed by atoms with van der Waals surface area (Å²) in [5.74, 6) is -1.91. The minimum absolute atomic E-state index is 0.0872. The van der Waals surface area contributed by atoms with Gasteiger partial charge in [-0.15, -0.1) is 0 Å². The molecule has 0 aromatic heterocycles. The second-order valence-corrected chi connectivity index (χ2v) is 3.87. The number of likely N-dealkylation sites (N-methyl/N-ethyl adjacent to an activating group) is 1. The molecular formula is C8H15F2NOS. The van der Waals surface area contributed by atoms with Gasteiger partial charge in [-0.05, 0) is 7.05 Å². The molecule has 1 rings (SSSR count). The summed E-state index contributed by atoms with van der Waals surface area (Å²) < 4.78 is 30.9. The summed E-state index contributed by atoms with van der Waals surface area (Å²) in [4.78, 5) is 1.65. The lowest BCUT2D eigenvalue weighted by Crippen LogP contribution is -2.29. The SMILES string of the molecule is CN1CC(F)(F)C[C@H]1COCCS. The Balaban J connectivity index is 2.27. The number of thiol groups is 1. The summed E-state index contributed by atoms with van der Waals surface area (Å²) in [6.07, 6.45) is -0.0872. The quantitative estimate of drug-likeness (QED) is 0.555. The predicted molar refractivity (Wildman–Crippen MR) is 50.7 cm³/mol. The van der Waals surface area contributed by atoms with Gasteiger partial charge >= 0.3 is 0 Å². The Morgan fingerprint density at radius 2 is 2.31 bits per heavy atom. The second kappa shape index (κ2) is 4.57. The van der Waals surface area contributed by atoms with E-state index in [1.165, 1.54) is 0 Å². The third kappa shape index (κ3) is 3.40. The van der Waals surface area contributed by atoms with Crippen LogP contribution in [-0.4, -0.2) is 49.4 Å². The second-order valence-electron chi connectivity index (χ2n) is 3.43. The third-order valence-corrected chi connectivity index (χ3v) is 2.37. The van der Waals surface area contributed by atoms with Crippen molar-refractivity contribution in [3.63, 3.8) is 0 Å². The standard InChI is InChI=1S/C8H15F2NOS/c1-11-6-8(9,10)4-7(11)5-12-2-3-13/h7,13H,2-6H2,1H3/t7-/m0/s1. The average Bonchev–Trinajstić information content (AvgIpc) is 2.25. The maximum absolute atomic E-state index is 12.8. The highest BCUT2D eigenvalue weighted by Crippen LogP contribution is 2.30. The van der Waals surface area contributed by atoms with Gasteiger partial charge in [0.2, 0.25) is 0 Å². The molecule has 0 radical (unpaired) electrons. The first-order valence-electron chi connectivity index (χ1n) is 4.32. The largest absolute Gasteiger partial charge is 0.379 e. The molecule has 1 saturated heterocycles. The van der Waals surface area contributed by atoms with Crippen molar-refractivity contribution in [3.05, 3.63) is 0 Å². The zero-order chi connectivity index (χ0) is 9.90. The van der Waals surface area contributed by atoms with E-state index >= 15 is 0 Å². The molecular weight excluding hydrogens is 196 g/mol. The Morgan fingerprint density at radius 3 is 2.77 bits per heavy atom. The highest BCUT2D eigenvalue weighted by molar-refractivity contribution is 7.80. The number of hydrogen-bond acceptors (Lipinski definition) is 3. The molecule has 2 nitrogen and oxygen atoms in total. The molecule has 0 bridgehead atoms. The van der Waals surface area contributed by atoms with E-state index in [0.29, 0.717) is 19.0 Å². The number of alkyl halides is 2. The Morgan fingerprint density at radius 1 is 1.62 bits per heavy atom. The molecule has 78 valence electrons. The van der Waals surface area contributed by atoms with E-state index < -0.39 is 5.92 Å². The number of nitrogens with zero attached hydrogens (tertiary/aromatic N) is 1. The van der Waals surface area contributed by atoms with Gasteiger partial charge in [0.1, 0.15) is 0 Å². The molecule has 13 heavy (non-hydrogen) atoms. The van der Waals surface area contributed by atoms with Gasteiger partial charge in [-0.3, -0.25) is 4.90 Å². The van der Waals surface area contributed by atoms with E-state index in [9.17, 15) is 8.78 Å². The highest BCUT2D eigenvalue weighted by atomic mass is 32.1.